The zero-order valence-electron chi connectivity index (χ0n) is 54.5. The lowest BCUT2D eigenvalue weighted by Gasteiger charge is -2.19. The van der Waals surface area contributed by atoms with Crippen molar-refractivity contribution < 1.29 is 37.6 Å². The lowest BCUT2D eigenvalue weighted by Crippen LogP contribution is -2.29. The smallest absolute Gasteiger partial charge is 0.462 e. The Morgan fingerprint density at radius 2 is 0.612 bits per heavy atom. The second kappa shape index (κ2) is 69.3. The normalized spacial score (nSPS) is 13.8. The maximum atomic E-state index is 12.8. The Kier molecular flexibility index (Phi) is 66.1. The van der Waals surface area contributed by atoms with E-state index in [0.717, 1.165) is 116 Å². The molecule has 0 rings (SSSR count). The summed E-state index contributed by atoms with van der Waals surface area (Å²) in [4.78, 5) is 35.4. The first-order valence-electron chi connectivity index (χ1n) is 34.7. The van der Waals surface area contributed by atoms with Crippen LogP contribution in [-0.2, 0) is 32.7 Å². The molecule has 85 heavy (non-hydrogen) atoms. The molecular formula is C75H128NO8P. The fourth-order valence-electron chi connectivity index (χ4n) is 9.49. The van der Waals surface area contributed by atoms with Gasteiger partial charge in [-0.05, 0) is 109 Å². The van der Waals surface area contributed by atoms with Gasteiger partial charge in [-0.1, -0.05) is 308 Å². The highest BCUT2D eigenvalue weighted by Gasteiger charge is 2.26. The number of ether oxygens (including phenoxy) is 2. The van der Waals surface area contributed by atoms with Crippen molar-refractivity contribution in [2.75, 3.05) is 26.4 Å². The fraction of sp³-hybridized carbons (Fsp3) is 0.680. The van der Waals surface area contributed by atoms with Gasteiger partial charge in [0.15, 0.2) is 6.10 Å². The van der Waals surface area contributed by atoms with Gasteiger partial charge in [0.05, 0.1) is 13.2 Å². The summed E-state index contributed by atoms with van der Waals surface area (Å²) in [5.74, 6) is -0.829. The molecule has 9 nitrogen and oxygen atoms in total. The molecule has 0 spiro atoms. The molecule has 2 atom stereocenters. The van der Waals surface area contributed by atoms with Crippen LogP contribution in [0, 0.1) is 0 Å². The number of allylic oxidation sites excluding steroid dienone is 22. The van der Waals surface area contributed by atoms with Crippen LogP contribution in [0.2, 0.25) is 0 Å². The van der Waals surface area contributed by atoms with Crippen molar-refractivity contribution in [1.29, 1.82) is 0 Å². The largest absolute Gasteiger partial charge is 0.472 e. The third-order valence-electron chi connectivity index (χ3n) is 14.5. The Hall–Kier alpha value is -3.85. The van der Waals surface area contributed by atoms with Gasteiger partial charge in [-0.15, -0.1) is 0 Å². The van der Waals surface area contributed by atoms with Crippen molar-refractivity contribution in [2.24, 2.45) is 5.73 Å². The van der Waals surface area contributed by atoms with Crippen molar-refractivity contribution >= 4 is 19.8 Å². The molecule has 0 heterocycles. The van der Waals surface area contributed by atoms with Crippen LogP contribution in [0.25, 0.3) is 0 Å². The number of nitrogens with two attached hydrogens (primary N) is 1. The van der Waals surface area contributed by atoms with Gasteiger partial charge in [-0.3, -0.25) is 18.6 Å². The number of esters is 2. The molecule has 0 aliphatic carbocycles. The molecule has 10 heteroatoms. The van der Waals surface area contributed by atoms with Crippen LogP contribution in [0.3, 0.4) is 0 Å². The highest BCUT2D eigenvalue weighted by Crippen LogP contribution is 2.43. The molecule has 0 aromatic heterocycles. The molecule has 0 aliphatic heterocycles. The molecule has 2 unspecified atom stereocenters. The van der Waals surface area contributed by atoms with Gasteiger partial charge in [0.25, 0.3) is 0 Å². The Morgan fingerprint density at radius 1 is 0.353 bits per heavy atom. The number of hydrogen-bond donors (Lipinski definition) is 2. The molecule has 0 saturated carbocycles. The average molecular weight is 1200 g/mol. The van der Waals surface area contributed by atoms with Gasteiger partial charge in [0, 0.05) is 19.4 Å². The van der Waals surface area contributed by atoms with Crippen molar-refractivity contribution in [3.8, 4) is 0 Å². The summed E-state index contributed by atoms with van der Waals surface area (Å²) < 4.78 is 33.2. The molecule has 0 aromatic carbocycles. The second-order valence-electron chi connectivity index (χ2n) is 22.6. The van der Waals surface area contributed by atoms with Gasteiger partial charge < -0.3 is 20.1 Å². The fourth-order valence-corrected chi connectivity index (χ4v) is 10.3. The molecule has 0 saturated heterocycles. The summed E-state index contributed by atoms with van der Waals surface area (Å²) in [6.07, 6.45) is 98.2. The van der Waals surface area contributed by atoms with Crippen LogP contribution >= 0.6 is 7.82 Å². The molecule has 0 fully saturated rings. The molecule has 0 amide bonds. The maximum absolute atomic E-state index is 12.8. The number of phosphoric ester groups is 1. The van der Waals surface area contributed by atoms with E-state index in [1.165, 1.54) is 148 Å². The van der Waals surface area contributed by atoms with Gasteiger partial charge >= 0.3 is 19.8 Å². The molecule has 486 valence electrons. The number of phosphoric acid groups is 1. The first-order chi connectivity index (χ1) is 41.8. The highest BCUT2D eigenvalue weighted by molar-refractivity contribution is 7.47. The molecule has 0 bridgehead atoms. The monoisotopic (exact) mass is 1200 g/mol. The maximum Gasteiger partial charge on any atom is 0.472 e. The van der Waals surface area contributed by atoms with Gasteiger partial charge in [-0.25, -0.2) is 4.57 Å². The van der Waals surface area contributed by atoms with Gasteiger partial charge in [0.2, 0.25) is 0 Å². The number of rotatable bonds is 64. The average Bonchev–Trinajstić information content (AvgIpc) is 3.52. The summed E-state index contributed by atoms with van der Waals surface area (Å²) in [6, 6.07) is 0. The first kappa shape index (κ1) is 81.2. The minimum Gasteiger partial charge on any atom is -0.462 e. The highest BCUT2D eigenvalue weighted by atomic mass is 31.2. The van der Waals surface area contributed by atoms with E-state index in [2.05, 4.69) is 148 Å². The topological polar surface area (TPSA) is 134 Å². The number of carbonyl (C=O) groups is 2. The number of carbonyl (C=O) groups excluding carboxylic acids is 2. The van der Waals surface area contributed by atoms with E-state index in [1.54, 1.807) is 0 Å². The van der Waals surface area contributed by atoms with Crippen molar-refractivity contribution in [1.82, 2.24) is 0 Å². The Balaban J connectivity index is 3.89. The lowest BCUT2D eigenvalue weighted by atomic mass is 10.0. The van der Waals surface area contributed by atoms with Gasteiger partial charge in [0.1, 0.15) is 6.61 Å². The Morgan fingerprint density at radius 3 is 0.906 bits per heavy atom. The van der Waals surface area contributed by atoms with E-state index < -0.39 is 26.5 Å². The molecule has 0 aliphatic rings. The predicted octanol–water partition coefficient (Wildman–Crippen LogP) is 22.9. The quantitative estimate of drug-likeness (QED) is 0.0264. The first-order valence-corrected chi connectivity index (χ1v) is 36.2. The van der Waals surface area contributed by atoms with Crippen molar-refractivity contribution in [3.63, 3.8) is 0 Å². The second-order valence-corrected chi connectivity index (χ2v) is 24.1. The molecule has 3 N–H and O–H groups in total. The summed E-state index contributed by atoms with van der Waals surface area (Å²) in [7, 11) is -4.40. The zero-order valence-corrected chi connectivity index (χ0v) is 55.4. The summed E-state index contributed by atoms with van der Waals surface area (Å²) >= 11 is 0. The van der Waals surface area contributed by atoms with E-state index in [0.29, 0.717) is 6.42 Å². The number of unbranched alkanes of at least 4 members (excludes halogenated alkanes) is 29. The van der Waals surface area contributed by atoms with E-state index in [1.807, 2.05) is 0 Å². The van der Waals surface area contributed by atoms with Crippen LogP contribution < -0.4 is 5.73 Å². The standard InChI is InChI=1S/C75H128NO8P/c1-3-5-7-9-11-13-15-17-19-21-23-25-27-29-31-33-34-35-36-37-38-40-41-43-45-47-49-51-53-55-57-59-61-63-65-67-74(77)81-71-73(72-83-85(79,80)82-70-69-76)84-75(78)68-66-64-62-60-58-56-54-52-50-48-46-44-42-39-32-30-28-26-24-22-20-18-16-14-12-10-8-6-4-2/h5-8,11-14,17-20,23-26,29-32,42,44,73H,3-4,9-10,15-16,21-22,27-28,33-41,43,45-72,76H2,1-2H3,(H,79,80)/b7-5-,8-6-,13-11-,14-12-,19-17-,20-18-,25-23-,26-24-,31-29-,32-30-,44-42-. The predicted molar refractivity (Wildman–Crippen MR) is 367 cm³/mol. The Labute approximate surface area is 523 Å². The van der Waals surface area contributed by atoms with E-state index in [-0.39, 0.29) is 38.6 Å². The summed E-state index contributed by atoms with van der Waals surface area (Å²) in [6.45, 7) is 3.53. The van der Waals surface area contributed by atoms with Crippen LogP contribution in [0.5, 0.6) is 0 Å². The van der Waals surface area contributed by atoms with Crippen LogP contribution in [0.4, 0.5) is 0 Å². The van der Waals surface area contributed by atoms with Crippen molar-refractivity contribution in [3.05, 3.63) is 134 Å². The third kappa shape index (κ3) is 69.1. The molecular weight excluding hydrogens is 1070 g/mol. The van der Waals surface area contributed by atoms with Crippen LogP contribution in [0.1, 0.15) is 296 Å². The zero-order chi connectivity index (χ0) is 61.6. The third-order valence-corrected chi connectivity index (χ3v) is 15.5. The van der Waals surface area contributed by atoms with E-state index >= 15 is 0 Å². The number of hydrogen-bond acceptors (Lipinski definition) is 8. The summed E-state index contributed by atoms with van der Waals surface area (Å²) in [5.41, 5.74) is 5.40. The molecule has 0 radical (unpaired) electrons. The van der Waals surface area contributed by atoms with E-state index in [9.17, 15) is 19.0 Å². The SMILES string of the molecule is CC/C=C\C/C=C\C/C=C\C/C=C\C/C=C\C/C=C\CCCCCCCCCCCCC(=O)OC(COC(=O)CCCCCCCCCCCCCCCCCCCCC/C=C\C/C=C\C/C=C\C/C=C\C/C=C\CC)COP(=O)(O)OCCN. The van der Waals surface area contributed by atoms with E-state index in [4.69, 9.17) is 24.3 Å². The minimum atomic E-state index is -4.40. The minimum absolute atomic E-state index is 0.0481. The van der Waals surface area contributed by atoms with Crippen LogP contribution in [-0.4, -0.2) is 49.3 Å². The molecule has 0 aromatic rings. The Bertz CT molecular complexity index is 1860. The summed E-state index contributed by atoms with van der Waals surface area (Å²) in [5, 5.41) is 0. The van der Waals surface area contributed by atoms with Crippen molar-refractivity contribution in [2.45, 2.75) is 302 Å². The van der Waals surface area contributed by atoms with Gasteiger partial charge in [-0.2, -0.15) is 0 Å². The lowest BCUT2D eigenvalue weighted by molar-refractivity contribution is -0.161. The van der Waals surface area contributed by atoms with Crippen LogP contribution in [0.15, 0.2) is 134 Å².